The molecular weight excluding hydrogens is 134 g/mol. The Morgan fingerprint density at radius 1 is 1.10 bits per heavy atom. The Bertz CT molecular complexity index is 75.1. The largest absolute Gasteiger partial charge is 0.392 e. The number of hydroxylamine groups is 2. The zero-order valence-corrected chi connectivity index (χ0v) is 6.36. The molecule has 0 aromatic heterocycles. The van der Waals surface area contributed by atoms with Gasteiger partial charge in [0.15, 0.2) is 0 Å². The molecule has 0 spiro atoms. The molecule has 0 saturated heterocycles. The lowest BCUT2D eigenvalue weighted by Gasteiger charge is -2.17. The highest BCUT2D eigenvalue weighted by Gasteiger charge is 2.06. The lowest BCUT2D eigenvalue weighted by Crippen LogP contribution is -2.33. The standard InChI is InChI=1S/C6H15NO3/c1-5(8)3-7(10)4-6(2)9/h5-6,8-10H,3-4H2,1-2H3/t5-,6-/m1/s1. The van der Waals surface area contributed by atoms with Crippen LogP contribution in [0.3, 0.4) is 0 Å². The Kier molecular flexibility index (Phi) is 4.55. The van der Waals surface area contributed by atoms with E-state index in [2.05, 4.69) is 0 Å². The molecule has 0 bridgehead atoms. The van der Waals surface area contributed by atoms with E-state index in [9.17, 15) is 0 Å². The van der Waals surface area contributed by atoms with Crippen LogP contribution in [0.25, 0.3) is 0 Å². The predicted molar refractivity (Wildman–Crippen MR) is 36.7 cm³/mol. The van der Waals surface area contributed by atoms with Crippen molar-refractivity contribution in [3.63, 3.8) is 0 Å². The van der Waals surface area contributed by atoms with Crippen molar-refractivity contribution in [1.82, 2.24) is 5.06 Å². The zero-order chi connectivity index (χ0) is 8.15. The second-order valence-electron chi connectivity index (χ2n) is 2.57. The molecule has 0 aromatic rings. The van der Waals surface area contributed by atoms with Crippen LogP contribution in [0.1, 0.15) is 13.8 Å². The van der Waals surface area contributed by atoms with Gasteiger partial charge in [0.1, 0.15) is 0 Å². The van der Waals surface area contributed by atoms with E-state index in [4.69, 9.17) is 15.4 Å². The Balaban J connectivity index is 3.34. The predicted octanol–water partition coefficient (Wildman–Crippen LogP) is -0.561. The first-order valence-corrected chi connectivity index (χ1v) is 3.32. The fourth-order valence-electron chi connectivity index (χ4n) is 0.685. The third-order valence-electron chi connectivity index (χ3n) is 0.950. The van der Waals surface area contributed by atoms with Crippen molar-refractivity contribution < 1.29 is 15.4 Å². The fourth-order valence-corrected chi connectivity index (χ4v) is 0.685. The van der Waals surface area contributed by atoms with Crippen LogP contribution in [0.5, 0.6) is 0 Å². The van der Waals surface area contributed by atoms with Gasteiger partial charge >= 0.3 is 0 Å². The third kappa shape index (κ3) is 5.97. The van der Waals surface area contributed by atoms with E-state index in [1.807, 2.05) is 0 Å². The second kappa shape index (κ2) is 4.62. The van der Waals surface area contributed by atoms with Crippen molar-refractivity contribution >= 4 is 0 Å². The molecule has 0 aromatic carbocycles. The monoisotopic (exact) mass is 149 g/mol. The van der Waals surface area contributed by atoms with Crippen LogP contribution in [0, 0.1) is 0 Å². The third-order valence-corrected chi connectivity index (χ3v) is 0.950. The van der Waals surface area contributed by atoms with Gasteiger partial charge in [-0.2, -0.15) is 5.06 Å². The first kappa shape index (κ1) is 9.84. The topological polar surface area (TPSA) is 63.9 Å². The number of hydrogen-bond acceptors (Lipinski definition) is 4. The summed E-state index contributed by atoms with van der Waals surface area (Å²) in [4.78, 5) is 0. The van der Waals surface area contributed by atoms with Gasteiger partial charge in [-0.15, -0.1) is 0 Å². The highest BCUT2D eigenvalue weighted by atomic mass is 16.5. The highest BCUT2D eigenvalue weighted by Crippen LogP contribution is 1.89. The molecule has 0 unspecified atom stereocenters. The summed E-state index contributed by atoms with van der Waals surface area (Å²) in [5.41, 5.74) is 0. The summed E-state index contributed by atoms with van der Waals surface area (Å²) < 4.78 is 0. The average molecular weight is 149 g/mol. The van der Waals surface area contributed by atoms with Gasteiger partial charge < -0.3 is 15.4 Å². The van der Waals surface area contributed by atoms with Crippen molar-refractivity contribution in [3.05, 3.63) is 0 Å². The lowest BCUT2D eigenvalue weighted by atomic mass is 10.3. The van der Waals surface area contributed by atoms with Gasteiger partial charge in [-0.1, -0.05) is 0 Å². The average Bonchev–Trinajstić information content (AvgIpc) is 1.58. The molecule has 0 aliphatic rings. The van der Waals surface area contributed by atoms with Gasteiger partial charge in [0.25, 0.3) is 0 Å². The van der Waals surface area contributed by atoms with E-state index < -0.39 is 12.2 Å². The first-order chi connectivity index (χ1) is 4.52. The smallest absolute Gasteiger partial charge is 0.0662 e. The molecule has 0 fully saturated rings. The summed E-state index contributed by atoms with van der Waals surface area (Å²) in [6.45, 7) is 3.49. The van der Waals surface area contributed by atoms with Crippen LogP contribution in [0.4, 0.5) is 0 Å². The van der Waals surface area contributed by atoms with Crippen LogP contribution in [0.15, 0.2) is 0 Å². The molecule has 10 heavy (non-hydrogen) atoms. The van der Waals surface area contributed by atoms with E-state index in [1.165, 1.54) is 0 Å². The molecule has 0 rings (SSSR count). The minimum Gasteiger partial charge on any atom is -0.392 e. The van der Waals surface area contributed by atoms with Crippen LogP contribution in [-0.2, 0) is 0 Å². The minimum absolute atomic E-state index is 0.172. The zero-order valence-electron chi connectivity index (χ0n) is 6.36. The number of aliphatic hydroxyl groups excluding tert-OH is 2. The highest BCUT2D eigenvalue weighted by molar-refractivity contribution is 4.54. The Hall–Kier alpha value is -0.160. The fraction of sp³-hybridized carbons (Fsp3) is 1.00. The van der Waals surface area contributed by atoms with Crippen molar-refractivity contribution in [2.75, 3.05) is 13.1 Å². The summed E-state index contributed by atoms with van der Waals surface area (Å²) in [6.07, 6.45) is -1.13. The molecule has 0 heterocycles. The maximum absolute atomic E-state index is 8.90. The van der Waals surface area contributed by atoms with Crippen molar-refractivity contribution in [2.24, 2.45) is 0 Å². The van der Waals surface area contributed by atoms with E-state index >= 15 is 0 Å². The minimum atomic E-state index is -0.566. The van der Waals surface area contributed by atoms with Gasteiger partial charge in [-0.05, 0) is 13.8 Å². The molecule has 4 heteroatoms. The molecule has 4 nitrogen and oxygen atoms in total. The summed E-state index contributed by atoms with van der Waals surface area (Å²) in [5.74, 6) is 0. The Morgan fingerprint density at radius 2 is 1.40 bits per heavy atom. The van der Waals surface area contributed by atoms with Gasteiger partial charge in [0.05, 0.1) is 12.2 Å². The molecule has 3 N–H and O–H groups in total. The van der Waals surface area contributed by atoms with Gasteiger partial charge in [0.2, 0.25) is 0 Å². The number of aliphatic hydroxyl groups is 2. The molecule has 0 amide bonds. The van der Waals surface area contributed by atoms with Crippen LogP contribution < -0.4 is 0 Å². The summed E-state index contributed by atoms with van der Waals surface area (Å²) in [7, 11) is 0. The molecule has 62 valence electrons. The van der Waals surface area contributed by atoms with Crippen molar-refractivity contribution in [3.8, 4) is 0 Å². The summed E-state index contributed by atoms with van der Waals surface area (Å²) >= 11 is 0. The van der Waals surface area contributed by atoms with E-state index in [0.29, 0.717) is 0 Å². The first-order valence-electron chi connectivity index (χ1n) is 3.32. The van der Waals surface area contributed by atoms with Crippen LogP contribution in [-0.4, -0.2) is 45.8 Å². The van der Waals surface area contributed by atoms with Crippen molar-refractivity contribution in [1.29, 1.82) is 0 Å². The molecule has 0 saturated carbocycles. The van der Waals surface area contributed by atoms with Crippen LogP contribution >= 0.6 is 0 Å². The van der Waals surface area contributed by atoms with E-state index in [1.54, 1.807) is 13.8 Å². The van der Waals surface area contributed by atoms with Gasteiger partial charge in [-0.3, -0.25) is 0 Å². The Labute approximate surface area is 60.7 Å². The number of rotatable bonds is 4. The molecule has 0 aliphatic carbocycles. The summed E-state index contributed by atoms with van der Waals surface area (Å²) in [5, 5.41) is 27.3. The normalized spacial score (nSPS) is 17.4. The maximum Gasteiger partial charge on any atom is 0.0662 e. The van der Waals surface area contributed by atoms with E-state index in [-0.39, 0.29) is 13.1 Å². The quantitative estimate of drug-likeness (QED) is 0.469. The number of nitrogens with zero attached hydrogens (tertiary/aromatic N) is 1. The van der Waals surface area contributed by atoms with Crippen LogP contribution in [0.2, 0.25) is 0 Å². The molecular formula is C6H15NO3. The lowest BCUT2D eigenvalue weighted by molar-refractivity contribution is -0.127. The van der Waals surface area contributed by atoms with Gasteiger partial charge in [0, 0.05) is 13.1 Å². The second-order valence-corrected chi connectivity index (χ2v) is 2.57. The SMILES string of the molecule is C[C@@H](O)CN(O)C[C@@H](C)O. The number of hydrogen-bond donors (Lipinski definition) is 3. The Morgan fingerprint density at radius 3 is 1.60 bits per heavy atom. The maximum atomic E-state index is 8.90. The molecule has 2 atom stereocenters. The van der Waals surface area contributed by atoms with E-state index in [0.717, 1.165) is 5.06 Å². The van der Waals surface area contributed by atoms with Crippen molar-refractivity contribution in [2.45, 2.75) is 26.1 Å². The molecule has 0 aliphatic heterocycles. The summed E-state index contributed by atoms with van der Waals surface area (Å²) in [6, 6.07) is 0. The van der Waals surface area contributed by atoms with Gasteiger partial charge in [-0.25, -0.2) is 0 Å². The molecule has 0 radical (unpaired) electrons.